The number of halogens is 2. The van der Waals surface area contributed by atoms with Gasteiger partial charge in [-0.15, -0.1) is 0 Å². The fraction of sp³-hybridized carbons (Fsp3) is 0.633. The van der Waals surface area contributed by atoms with Crippen molar-refractivity contribution in [1.82, 2.24) is 19.8 Å². The fourth-order valence-electron chi connectivity index (χ4n) is 7.29. The molecule has 3 heterocycles. The van der Waals surface area contributed by atoms with Gasteiger partial charge in [-0.25, -0.2) is 9.97 Å². The fourth-order valence-corrected chi connectivity index (χ4v) is 7.29. The molecule has 2 saturated carbocycles. The third kappa shape index (κ3) is 5.29. The van der Waals surface area contributed by atoms with Gasteiger partial charge in [0.1, 0.15) is 11.5 Å². The van der Waals surface area contributed by atoms with Gasteiger partial charge in [0, 0.05) is 57.7 Å². The highest BCUT2D eigenvalue weighted by Gasteiger charge is 2.60. The van der Waals surface area contributed by atoms with Crippen molar-refractivity contribution >= 4 is 5.91 Å². The van der Waals surface area contributed by atoms with E-state index in [1.165, 1.54) is 43.5 Å². The predicted octanol–water partition coefficient (Wildman–Crippen LogP) is 5.27. The van der Waals surface area contributed by atoms with Crippen LogP contribution in [-0.2, 0) is 17.1 Å². The Kier molecular flexibility index (Phi) is 6.76. The van der Waals surface area contributed by atoms with Crippen molar-refractivity contribution in [3.8, 4) is 0 Å². The topological polar surface area (TPSA) is 49.3 Å². The normalized spacial score (nSPS) is 30.8. The van der Waals surface area contributed by atoms with E-state index in [1.807, 2.05) is 0 Å². The Hall–Kier alpha value is -2.41. The quantitative estimate of drug-likeness (QED) is 0.533. The molecule has 198 valence electrons. The average Bonchev–Trinajstić information content (AvgIpc) is 3.41. The smallest absolute Gasteiger partial charge is 0.287 e. The lowest BCUT2D eigenvalue weighted by molar-refractivity contribution is -0.135. The van der Waals surface area contributed by atoms with Crippen LogP contribution in [0.3, 0.4) is 0 Å². The molecule has 1 aromatic carbocycles. The molecule has 1 amide bonds. The van der Waals surface area contributed by atoms with Gasteiger partial charge >= 0.3 is 0 Å². The summed E-state index contributed by atoms with van der Waals surface area (Å²) in [7, 11) is 0. The molecule has 1 aromatic heterocycles. The number of aromatic nitrogens is 2. The lowest BCUT2D eigenvalue weighted by atomic mass is 9.81. The summed E-state index contributed by atoms with van der Waals surface area (Å²) in [5, 5.41) is 0. The summed E-state index contributed by atoms with van der Waals surface area (Å²) in [5.41, 5.74) is 1.27. The van der Waals surface area contributed by atoms with Crippen molar-refractivity contribution in [3.63, 3.8) is 0 Å². The number of hydrogen-bond donors (Lipinski definition) is 0. The second-order valence-corrected chi connectivity index (χ2v) is 11.9. The Morgan fingerprint density at radius 3 is 2.30 bits per heavy atom. The maximum Gasteiger partial charge on any atom is 0.287 e. The van der Waals surface area contributed by atoms with Gasteiger partial charge < -0.3 is 4.90 Å². The second kappa shape index (κ2) is 10.0. The summed E-state index contributed by atoms with van der Waals surface area (Å²) in [4.78, 5) is 26.3. The molecule has 0 N–H and O–H groups in total. The first-order valence-electron chi connectivity index (χ1n) is 14.1. The lowest BCUT2D eigenvalue weighted by Crippen LogP contribution is -2.43. The number of alkyl halides is 2. The van der Waals surface area contributed by atoms with Gasteiger partial charge in [-0.05, 0) is 73.8 Å². The van der Waals surface area contributed by atoms with Crippen LogP contribution in [0.5, 0.6) is 0 Å². The molecule has 7 heteroatoms. The van der Waals surface area contributed by atoms with Crippen LogP contribution >= 0.6 is 0 Å². The SMILES string of the molecule is CC(F)(F)c1ccnc(CC2CCN(C(=O)C3[C@H]4CN(C5CCC(c6ccccc6)CC5)C[C@@H]34)CC2)n1. The maximum absolute atomic E-state index is 13.6. The van der Waals surface area contributed by atoms with Crippen LogP contribution in [0, 0.1) is 23.7 Å². The molecular weight excluding hydrogens is 470 g/mol. The van der Waals surface area contributed by atoms with Gasteiger partial charge in [-0.1, -0.05) is 30.3 Å². The molecule has 6 rings (SSSR count). The summed E-state index contributed by atoms with van der Waals surface area (Å²) in [6.07, 6.45) is 8.89. The molecule has 0 radical (unpaired) electrons. The molecule has 5 nitrogen and oxygen atoms in total. The van der Waals surface area contributed by atoms with E-state index in [9.17, 15) is 13.6 Å². The average molecular weight is 509 g/mol. The van der Waals surface area contributed by atoms with Gasteiger partial charge in [0.15, 0.2) is 0 Å². The van der Waals surface area contributed by atoms with Crippen molar-refractivity contribution in [2.45, 2.75) is 69.8 Å². The molecule has 37 heavy (non-hydrogen) atoms. The Balaban J connectivity index is 0.940. The van der Waals surface area contributed by atoms with Gasteiger partial charge in [0.25, 0.3) is 5.92 Å². The number of piperidine rings is 2. The van der Waals surface area contributed by atoms with Crippen molar-refractivity contribution in [2.24, 2.45) is 23.7 Å². The summed E-state index contributed by atoms with van der Waals surface area (Å²) >= 11 is 0. The standard InChI is InChI=1S/C30H38F2N4O/c1-30(31,32)26-11-14-33-27(34-26)17-20-12-15-35(16-13-20)29(37)28-24-18-36(19-25(24)28)23-9-7-22(8-10-23)21-5-3-2-4-6-21/h2-6,11,14,20,22-25,28H,7-10,12-13,15-19H2,1H3/t22?,23?,24-,25+,28?. The Labute approximate surface area is 218 Å². The van der Waals surface area contributed by atoms with Crippen LogP contribution in [0.1, 0.15) is 68.4 Å². The zero-order chi connectivity index (χ0) is 25.6. The van der Waals surface area contributed by atoms with Gasteiger partial charge in [0.2, 0.25) is 5.91 Å². The third-order valence-corrected chi connectivity index (χ3v) is 9.54. The number of rotatable bonds is 6. The second-order valence-electron chi connectivity index (χ2n) is 11.9. The number of fused-ring (bicyclic) bond motifs is 1. The number of benzene rings is 1. The van der Waals surface area contributed by atoms with Crippen LogP contribution in [0.4, 0.5) is 8.78 Å². The molecule has 2 saturated heterocycles. The van der Waals surface area contributed by atoms with E-state index in [0.717, 1.165) is 45.9 Å². The molecule has 2 aliphatic heterocycles. The molecular formula is C30H38F2N4O. The van der Waals surface area contributed by atoms with Crippen LogP contribution in [-0.4, -0.2) is 57.9 Å². The van der Waals surface area contributed by atoms with E-state index in [0.29, 0.717) is 47.9 Å². The molecule has 2 aliphatic carbocycles. The first-order chi connectivity index (χ1) is 17.9. The highest BCUT2D eigenvalue weighted by molar-refractivity contribution is 5.82. The summed E-state index contributed by atoms with van der Waals surface area (Å²) in [6.45, 7) is 4.57. The number of carbonyl (C=O) groups is 1. The summed E-state index contributed by atoms with van der Waals surface area (Å²) in [6, 6.07) is 12.9. The van der Waals surface area contributed by atoms with E-state index in [1.54, 1.807) is 0 Å². The highest BCUT2D eigenvalue weighted by Crippen LogP contribution is 2.54. The number of carbonyl (C=O) groups excluding carboxylic acids is 1. The van der Waals surface area contributed by atoms with Crippen LogP contribution in [0.15, 0.2) is 42.6 Å². The minimum atomic E-state index is -2.95. The van der Waals surface area contributed by atoms with Crippen molar-refractivity contribution in [3.05, 3.63) is 59.7 Å². The Morgan fingerprint density at radius 1 is 0.973 bits per heavy atom. The summed E-state index contributed by atoms with van der Waals surface area (Å²) < 4.78 is 27.2. The van der Waals surface area contributed by atoms with Gasteiger partial charge in [-0.2, -0.15) is 8.78 Å². The van der Waals surface area contributed by atoms with E-state index < -0.39 is 5.92 Å². The van der Waals surface area contributed by atoms with E-state index in [2.05, 4.69) is 50.1 Å². The first kappa shape index (κ1) is 24.9. The number of amides is 1. The number of hydrogen-bond acceptors (Lipinski definition) is 4. The molecule has 2 aromatic rings. The van der Waals surface area contributed by atoms with E-state index >= 15 is 0 Å². The predicted molar refractivity (Wildman–Crippen MR) is 138 cm³/mol. The van der Waals surface area contributed by atoms with E-state index in [-0.39, 0.29) is 11.6 Å². The first-order valence-corrected chi connectivity index (χ1v) is 14.1. The van der Waals surface area contributed by atoms with Crippen LogP contribution < -0.4 is 0 Å². The van der Waals surface area contributed by atoms with Crippen molar-refractivity contribution < 1.29 is 13.6 Å². The van der Waals surface area contributed by atoms with Crippen LogP contribution in [0.2, 0.25) is 0 Å². The third-order valence-electron chi connectivity index (χ3n) is 9.54. The molecule has 4 fully saturated rings. The molecule has 1 unspecified atom stereocenters. The van der Waals surface area contributed by atoms with Crippen LogP contribution in [0.25, 0.3) is 0 Å². The highest BCUT2D eigenvalue weighted by atomic mass is 19.3. The van der Waals surface area contributed by atoms with Crippen molar-refractivity contribution in [2.75, 3.05) is 26.2 Å². The Morgan fingerprint density at radius 2 is 1.65 bits per heavy atom. The Bertz CT molecular complexity index is 1080. The molecule has 0 bridgehead atoms. The monoisotopic (exact) mass is 508 g/mol. The minimum absolute atomic E-state index is 0.219. The van der Waals surface area contributed by atoms with E-state index in [4.69, 9.17) is 0 Å². The van der Waals surface area contributed by atoms with Gasteiger partial charge in [-0.3, -0.25) is 9.69 Å². The minimum Gasteiger partial charge on any atom is -0.342 e. The van der Waals surface area contributed by atoms with Gasteiger partial charge in [0.05, 0.1) is 0 Å². The number of nitrogens with zero attached hydrogens (tertiary/aromatic N) is 4. The summed E-state index contributed by atoms with van der Waals surface area (Å²) in [5.74, 6) is 0.239. The van der Waals surface area contributed by atoms with Crippen molar-refractivity contribution in [1.29, 1.82) is 0 Å². The molecule has 0 spiro atoms. The lowest BCUT2D eigenvalue weighted by Gasteiger charge is -2.36. The largest absolute Gasteiger partial charge is 0.342 e. The number of likely N-dealkylation sites (tertiary alicyclic amines) is 2. The molecule has 3 atom stereocenters. The zero-order valence-corrected chi connectivity index (χ0v) is 21.7. The zero-order valence-electron chi connectivity index (χ0n) is 21.7. The molecule has 4 aliphatic rings. The maximum atomic E-state index is 13.6.